The number of benzene rings is 1. The number of aryl methyl sites for hydroxylation is 1. The second-order valence-electron chi connectivity index (χ2n) is 9.15. The van der Waals surface area contributed by atoms with E-state index in [4.69, 9.17) is 0 Å². The SMILES string of the molecule is Cn1nccc1C(=O)N1[C@H]2CCCC[C@H]3N[C@@H](Cc4ccccc4)[C@@H]1C[C@@]23C. The second-order valence-corrected chi connectivity index (χ2v) is 9.15. The minimum absolute atomic E-state index is 0.154. The van der Waals surface area contributed by atoms with Gasteiger partial charge in [-0.05, 0) is 37.3 Å². The topological polar surface area (TPSA) is 50.2 Å². The molecule has 1 aliphatic carbocycles. The Hall–Kier alpha value is -2.14. The van der Waals surface area contributed by atoms with Crippen molar-refractivity contribution in [1.29, 1.82) is 0 Å². The maximum atomic E-state index is 13.7. The molecule has 3 aliphatic rings. The van der Waals surface area contributed by atoms with Crippen LogP contribution in [0.1, 0.15) is 55.1 Å². The summed E-state index contributed by atoms with van der Waals surface area (Å²) in [5.41, 5.74) is 2.22. The van der Waals surface area contributed by atoms with Gasteiger partial charge in [-0.1, -0.05) is 50.1 Å². The molecular weight excluding hydrogens is 348 g/mol. The fraction of sp³-hybridized carbons (Fsp3) is 0.565. The Balaban J connectivity index is 1.53. The maximum Gasteiger partial charge on any atom is 0.272 e. The number of carbonyl (C=O) groups is 1. The van der Waals surface area contributed by atoms with Crippen molar-refractivity contribution in [3.8, 4) is 0 Å². The summed E-state index contributed by atoms with van der Waals surface area (Å²) in [5, 5.41) is 8.25. The van der Waals surface area contributed by atoms with Crippen molar-refractivity contribution in [2.75, 3.05) is 0 Å². The summed E-state index contributed by atoms with van der Waals surface area (Å²) in [6.07, 6.45) is 8.61. The van der Waals surface area contributed by atoms with Crippen LogP contribution in [-0.2, 0) is 13.5 Å². The van der Waals surface area contributed by atoms with E-state index in [1.165, 1.54) is 24.8 Å². The lowest BCUT2D eigenvalue weighted by atomic mass is 9.70. The molecule has 5 heteroatoms. The molecule has 5 atom stereocenters. The average molecular weight is 379 g/mol. The Morgan fingerprint density at radius 2 is 2.00 bits per heavy atom. The van der Waals surface area contributed by atoms with Crippen molar-refractivity contribution in [2.24, 2.45) is 12.5 Å². The average Bonchev–Trinajstić information content (AvgIpc) is 3.18. The molecule has 0 unspecified atom stereocenters. The zero-order chi connectivity index (χ0) is 19.3. The van der Waals surface area contributed by atoms with Crippen LogP contribution in [0.2, 0.25) is 0 Å². The molecular formula is C23H30N4O. The summed E-state index contributed by atoms with van der Waals surface area (Å²) in [7, 11) is 1.87. The Kier molecular flexibility index (Phi) is 4.31. The molecule has 5 rings (SSSR count). The Morgan fingerprint density at radius 3 is 2.75 bits per heavy atom. The van der Waals surface area contributed by atoms with Crippen LogP contribution in [0.5, 0.6) is 0 Å². The van der Waals surface area contributed by atoms with E-state index in [2.05, 4.69) is 52.6 Å². The van der Waals surface area contributed by atoms with E-state index in [1.807, 2.05) is 13.1 Å². The summed E-state index contributed by atoms with van der Waals surface area (Å²) in [6.45, 7) is 2.42. The van der Waals surface area contributed by atoms with E-state index in [1.54, 1.807) is 10.9 Å². The van der Waals surface area contributed by atoms with Gasteiger partial charge in [0, 0.05) is 42.8 Å². The lowest BCUT2D eigenvalue weighted by Crippen LogP contribution is -2.57. The third kappa shape index (κ3) is 2.71. The van der Waals surface area contributed by atoms with Gasteiger partial charge in [-0.15, -0.1) is 0 Å². The van der Waals surface area contributed by atoms with Crippen LogP contribution in [0.25, 0.3) is 0 Å². The minimum Gasteiger partial charge on any atom is -0.329 e. The van der Waals surface area contributed by atoms with Crippen molar-refractivity contribution in [3.05, 3.63) is 53.9 Å². The standard InChI is InChI=1S/C23H30N4O/c1-23-15-19-17(14-16-8-4-3-5-9-16)25-20(23)10-6-7-11-21(23)27(19)22(28)18-12-13-24-26(18)2/h3-5,8-9,12-13,17,19-21,25H,6-7,10-11,14-15H2,1-2H3/t17-,19-,20+,21-,23+/m0/s1. The molecule has 1 saturated carbocycles. The van der Waals surface area contributed by atoms with Crippen LogP contribution in [0.15, 0.2) is 42.6 Å². The molecule has 3 heterocycles. The molecule has 1 aromatic heterocycles. The van der Waals surface area contributed by atoms with E-state index in [-0.39, 0.29) is 17.4 Å². The Labute approximate surface area is 167 Å². The molecule has 0 spiro atoms. The van der Waals surface area contributed by atoms with Crippen molar-refractivity contribution in [2.45, 2.75) is 69.6 Å². The molecule has 28 heavy (non-hydrogen) atoms. The number of hydrogen-bond acceptors (Lipinski definition) is 3. The van der Waals surface area contributed by atoms with E-state index < -0.39 is 0 Å². The lowest BCUT2D eigenvalue weighted by Gasteiger charge is -2.43. The number of hydrogen-bond donors (Lipinski definition) is 1. The van der Waals surface area contributed by atoms with Crippen LogP contribution in [0.3, 0.4) is 0 Å². The van der Waals surface area contributed by atoms with E-state index in [0.717, 1.165) is 19.3 Å². The summed E-state index contributed by atoms with van der Waals surface area (Å²) in [4.78, 5) is 15.9. The molecule has 2 saturated heterocycles. The Bertz CT molecular complexity index is 862. The number of nitrogens with one attached hydrogen (secondary N) is 1. The molecule has 5 nitrogen and oxygen atoms in total. The summed E-state index contributed by atoms with van der Waals surface area (Å²) >= 11 is 0. The van der Waals surface area contributed by atoms with Crippen LogP contribution >= 0.6 is 0 Å². The summed E-state index contributed by atoms with van der Waals surface area (Å²) in [5.74, 6) is 0.154. The third-order valence-electron chi connectivity index (χ3n) is 7.57. The van der Waals surface area contributed by atoms with Crippen LogP contribution in [0, 0.1) is 5.41 Å². The number of carbonyl (C=O) groups excluding carboxylic acids is 1. The number of rotatable bonds is 3. The van der Waals surface area contributed by atoms with Gasteiger partial charge in [-0.25, -0.2) is 0 Å². The van der Waals surface area contributed by atoms with Gasteiger partial charge in [0.25, 0.3) is 5.91 Å². The van der Waals surface area contributed by atoms with Crippen LogP contribution in [0.4, 0.5) is 0 Å². The number of aromatic nitrogens is 2. The molecule has 1 aromatic carbocycles. The van der Waals surface area contributed by atoms with Gasteiger partial charge in [-0.2, -0.15) is 5.10 Å². The second kappa shape index (κ2) is 6.73. The molecule has 1 N–H and O–H groups in total. The van der Waals surface area contributed by atoms with Crippen molar-refractivity contribution in [1.82, 2.24) is 20.0 Å². The first-order valence-electron chi connectivity index (χ1n) is 10.7. The van der Waals surface area contributed by atoms with Gasteiger partial charge in [0.2, 0.25) is 0 Å². The monoisotopic (exact) mass is 378 g/mol. The first-order chi connectivity index (χ1) is 13.6. The number of likely N-dealkylation sites (tertiary alicyclic amines) is 1. The van der Waals surface area contributed by atoms with Crippen LogP contribution in [-0.4, -0.2) is 44.8 Å². The zero-order valence-electron chi connectivity index (χ0n) is 16.8. The molecule has 2 bridgehead atoms. The normalized spacial score (nSPS) is 34.3. The first-order valence-corrected chi connectivity index (χ1v) is 10.7. The first kappa shape index (κ1) is 17.9. The molecule has 2 aliphatic heterocycles. The predicted octanol–water partition coefficient (Wildman–Crippen LogP) is 3.17. The lowest BCUT2D eigenvalue weighted by molar-refractivity contribution is 0.0600. The highest BCUT2D eigenvalue weighted by atomic mass is 16.2. The molecule has 2 aromatic rings. The third-order valence-corrected chi connectivity index (χ3v) is 7.57. The quantitative estimate of drug-likeness (QED) is 0.893. The fourth-order valence-corrected chi connectivity index (χ4v) is 6.14. The molecule has 148 valence electrons. The molecule has 3 fully saturated rings. The zero-order valence-corrected chi connectivity index (χ0v) is 16.8. The van der Waals surface area contributed by atoms with Crippen molar-refractivity contribution < 1.29 is 4.79 Å². The highest BCUT2D eigenvalue weighted by molar-refractivity contribution is 5.93. The Morgan fingerprint density at radius 1 is 1.21 bits per heavy atom. The predicted molar refractivity (Wildman–Crippen MR) is 109 cm³/mol. The summed E-state index contributed by atoms with van der Waals surface area (Å²) in [6, 6.07) is 13.9. The number of piperidine rings is 1. The van der Waals surface area contributed by atoms with Gasteiger partial charge in [0.1, 0.15) is 5.69 Å². The van der Waals surface area contributed by atoms with Gasteiger partial charge < -0.3 is 10.2 Å². The van der Waals surface area contributed by atoms with Crippen molar-refractivity contribution in [3.63, 3.8) is 0 Å². The number of amides is 1. The van der Waals surface area contributed by atoms with Gasteiger partial charge in [0.15, 0.2) is 0 Å². The highest BCUT2D eigenvalue weighted by Crippen LogP contribution is 2.52. The van der Waals surface area contributed by atoms with E-state index in [0.29, 0.717) is 23.8 Å². The largest absolute Gasteiger partial charge is 0.329 e. The van der Waals surface area contributed by atoms with Crippen LogP contribution < -0.4 is 5.32 Å². The van der Waals surface area contributed by atoms with Gasteiger partial charge >= 0.3 is 0 Å². The minimum atomic E-state index is 0.154. The maximum absolute atomic E-state index is 13.7. The molecule has 0 radical (unpaired) electrons. The van der Waals surface area contributed by atoms with E-state index >= 15 is 0 Å². The highest BCUT2D eigenvalue weighted by Gasteiger charge is 2.60. The summed E-state index contributed by atoms with van der Waals surface area (Å²) < 4.78 is 1.72. The van der Waals surface area contributed by atoms with Gasteiger partial charge in [0.05, 0.1) is 0 Å². The van der Waals surface area contributed by atoms with E-state index in [9.17, 15) is 4.79 Å². The molecule has 1 amide bonds. The van der Waals surface area contributed by atoms with Crippen molar-refractivity contribution >= 4 is 5.91 Å². The fourth-order valence-electron chi connectivity index (χ4n) is 6.14. The smallest absolute Gasteiger partial charge is 0.272 e. The van der Waals surface area contributed by atoms with Gasteiger partial charge in [-0.3, -0.25) is 9.48 Å². The number of fused-ring (bicyclic) bond motifs is 1. The number of nitrogens with zero attached hydrogens (tertiary/aromatic N) is 3.